The molecule has 2 aromatic carbocycles. The number of phenols is 1. The maximum absolute atomic E-state index is 9.93. The third-order valence-corrected chi connectivity index (χ3v) is 4.51. The second-order valence-corrected chi connectivity index (χ2v) is 6.01. The fourth-order valence-corrected chi connectivity index (χ4v) is 3.08. The van der Waals surface area contributed by atoms with Crippen molar-refractivity contribution < 1.29 is 30.0 Å². The molecule has 26 heavy (non-hydrogen) atoms. The Kier molecular flexibility index (Phi) is 5.41. The molecule has 7 nitrogen and oxygen atoms in total. The molecular formula is C19H21NO6. The fourth-order valence-electron chi connectivity index (χ4n) is 3.08. The highest BCUT2D eigenvalue weighted by Crippen LogP contribution is 2.35. The van der Waals surface area contributed by atoms with E-state index in [-0.39, 0.29) is 31.7 Å². The molecule has 1 unspecified atom stereocenters. The summed E-state index contributed by atoms with van der Waals surface area (Å²) in [5, 5.41) is 42.6. The largest absolute Gasteiger partial charge is 0.504 e. The molecule has 0 radical (unpaired) electrons. The van der Waals surface area contributed by atoms with Gasteiger partial charge < -0.3 is 30.0 Å². The molecule has 1 aliphatic rings. The zero-order valence-corrected chi connectivity index (χ0v) is 14.3. The van der Waals surface area contributed by atoms with E-state index in [0.29, 0.717) is 34.6 Å². The number of rotatable bonds is 6. The van der Waals surface area contributed by atoms with Gasteiger partial charge in [0.25, 0.3) is 0 Å². The quantitative estimate of drug-likeness (QED) is 0.625. The van der Waals surface area contributed by atoms with E-state index in [1.165, 1.54) is 7.11 Å². The van der Waals surface area contributed by atoms with Crippen LogP contribution >= 0.6 is 0 Å². The van der Waals surface area contributed by atoms with Crippen LogP contribution in [0.5, 0.6) is 11.5 Å². The first-order valence-electron chi connectivity index (χ1n) is 8.18. The van der Waals surface area contributed by atoms with Gasteiger partial charge in [-0.25, -0.2) is 0 Å². The molecule has 0 saturated carbocycles. The monoisotopic (exact) mass is 359 g/mol. The van der Waals surface area contributed by atoms with Crippen molar-refractivity contribution in [3.8, 4) is 11.5 Å². The molecule has 0 fully saturated rings. The van der Waals surface area contributed by atoms with Gasteiger partial charge >= 0.3 is 0 Å². The van der Waals surface area contributed by atoms with Crippen LogP contribution in [0.15, 0.2) is 35.5 Å². The highest BCUT2D eigenvalue weighted by molar-refractivity contribution is 6.01. The summed E-state index contributed by atoms with van der Waals surface area (Å²) in [5.74, 6) is 0.409. The summed E-state index contributed by atoms with van der Waals surface area (Å²) in [6, 6.07) is 8.52. The summed E-state index contributed by atoms with van der Waals surface area (Å²) in [6.07, 6.45) is 0.120. The van der Waals surface area contributed by atoms with Crippen molar-refractivity contribution >= 4 is 5.71 Å². The molecule has 138 valence electrons. The van der Waals surface area contributed by atoms with E-state index < -0.39 is 0 Å². The van der Waals surface area contributed by atoms with Crippen molar-refractivity contribution in [2.75, 3.05) is 7.11 Å². The lowest BCUT2D eigenvalue weighted by Crippen LogP contribution is -2.07. The van der Waals surface area contributed by atoms with Crippen LogP contribution in [0.4, 0.5) is 0 Å². The summed E-state index contributed by atoms with van der Waals surface area (Å²) in [5.41, 5.74) is 3.76. The maximum Gasteiger partial charge on any atom is 0.160 e. The molecule has 3 rings (SSSR count). The number of benzene rings is 2. The summed E-state index contributed by atoms with van der Waals surface area (Å²) < 4.78 is 5.04. The predicted molar refractivity (Wildman–Crippen MR) is 93.8 cm³/mol. The van der Waals surface area contributed by atoms with E-state index in [1.807, 2.05) is 0 Å². The average molecular weight is 359 g/mol. The van der Waals surface area contributed by atoms with Crippen LogP contribution in [0.1, 0.15) is 40.3 Å². The number of nitrogens with zero attached hydrogens (tertiary/aromatic N) is 1. The number of hydrogen-bond acceptors (Lipinski definition) is 7. The number of aliphatic hydroxyl groups is 3. The summed E-state index contributed by atoms with van der Waals surface area (Å²) in [4.78, 5) is 5.50. The molecule has 0 spiro atoms. The molecule has 7 heteroatoms. The zero-order valence-electron chi connectivity index (χ0n) is 14.3. The Bertz CT molecular complexity index is 808. The van der Waals surface area contributed by atoms with Crippen LogP contribution in [-0.4, -0.2) is 33.2 Å². The van der Waals surface area contributed by atoms with Crippen molar-refractivity contribution in [3.63, 3.8) is 0 Å². The molecule has 1 aliphatic heterocycles. The number of ether oxygens (including phenoxy) is 1. The summed E-state index contributed by atoms with van der Waals surface area (Å²) in [7, 11) is 1.48. The molecule has 0 saturated heterocycles. The maximum atomic E-state index is 9.93. The number of methoxy groups -OCH3 is 1. The Morgan fingerprint density at radius 3 is 2.31 bits per heavy atom. The highest BCUT2D eigenvalue weighted by atomic mass is 16.6. The second-order valence-electron chi connectivity index (χ2n) is 6.01. The number of aliphatic hydroxyl groups excluding tert-OH is 3. The van der Waals surface area contributed by atoms with Gasteiger partial charge in [0.05, 0.1) is 32.6 Å². The number of aromatic hydroxyl groups is 1. The summed E-state index contributed by atoms with van der Waals surface area (Å²) >= 11 is 0. The first-order valence-corrected chi connectivity index (χ1v) is 8.18. The first kappa shape index (κ1) is 18.2. The Balaban J connectivity index is 1.85. The molecule has 1 atom stereocenters. The highest BCUT2D eigenvalue weighted by Gasteiger charge is 2.26. The average Bonchev–Trinajstić information content (AvgIpc) is 3.16. The second kappa shape index (κ2) is 7.74. The Morgan fingerprint density at radius 2 is 1.77 bits per heavy atom. The van der Waals surface area contributed by atoms with Gasteiger partial charge in [-0.15, -0.1) is 0 Å². The SMILES string of the molecule is COc1ccc(C2CC(c3cc(CO)c(CO)c(CO)c3)=NO2)cc1O. The lowest BCUT2D eigenvalue weighted by atomic mass is 9.94. The van der Waals surface area contributed by atoms with Gasteiger partial charge in [0.1, 0.15) is 0 Å². The molecule has 0 bridgehead atoms. The van der Waals surface area contributed by atoms with Gasteiger partial charge in [0.2, 0.25) is 0 Å². The lowest BCUT2D eigenvalue weighted by molar-refractivity contribution is 0.0855. The number of oxime groups is 1. The zero-order chi connectivity index (χ0) is 18.7. The molecule has 0 amide bonds. The molecular weight excluding hydrogens is 338 g/mol. The Hall–Kier alpha value is -2.61. The van der Waals surface area contributed by atoms with Gasteiger partial charge in [-0.3, -0.25) is 0 Å². The van der Waals surface area contributed by atoms with Crippen molar-refractivity contribution in [2.24, 2.45) is 5.16 Å². The van der Waals surface area contributed by atoms with Gasteiger partial charge in [-0.1, -0.05) is 11.2 Å². The van der Waals surface area contributed by atoms with E-state index >= 15 is 0 Å². The van der Waals surface area contributed by atoms with E-state index in [2.05, 4.69) is 5.16 Å². The fraction of sp³-hybridized carbons (Fsp3) is 0.316. The third-order valence-electron chi connectivity index (χ3n) is 4.51. The van der Waals surface area contributed by atoms with Crippen molar-refractivity contribution in [2.45, 2.75) is 32.3 Å². The lowest BCUT2D eigenvalue weighted by Gasteiger charge is -2.13. The van der Waals surface area contributed by atoms with Crippen LogP contribution in [0.3, 0.4) is 0 Å². The van der Waals surface area contributed by atoms with E-state index in [1.54, 1.807) is 30.3 Å². The van der Waals surface area contributed by atoms with Gasteiger partial charge in [-0.05, 0) is 46.5 Å². The van der Waals surface area contributed by atoms with Crippen molar-refractivity contribution in [1.82, 2.24) is 0 Å². The predicted octanol–water partition coefficient (Wildman–Crippen LogP) is 1.74. The number of hydrogen-bond donors (Lipinski definition) is 4. The van der Waals surface area contributed by atoms with Gasteiger partial charge in [-0.2, -0.15) is 0 Å². The summed E-state index contributed by atoms with van der Waals surface area (Å²) in [6.45, 7) is -0.760. The van der Waals surface area contributed by atoms with Crippen LogP contribution in [-0.2, 0) is 24.7 Å². The molecule has 0 aliphatic carbocycles. The number of phenolic OH excluding ortho intramolecular Hbond substituents is 1. The minimum Gasteiger partial charge on any atom is -0.504 e. The minimum absolute atomic E-state index is 0.0273. The van der Waals surface area contributed by atoms with Crippen LogP contribution in [0.25, 0.3) is 0 Å². The van der Waals surface area contributed by atoms with Crippen molar-refractivity contribution in [1.29, 1.82) is 0 Å². The van der Waals surface area contributed by atoms with Gasteiger partial charge in [0, 0.05) is 12.0 Å². The molecule has 1 heterocycles. The minimum atomic E-state index is -0.352. The Morgan fingerprint density at radius 1 is 1.08 bits per heavy atom. The van der Waals surface area contributed by atoms with Crippen LogP contribution < -0.4 is 4.74 Å². The molecule has 0 aromatic heterocycles. The van der Waals surface area contributed by atoms with E-state index in [9.17, 15) is 20.4 Å². The standard InChI is InChI=1S/C19H21NO6/c1-25-18-3-2-11(6-17(18)24)19-7-16(20-26-19)12-4-13(8-21)15(10-23)14(5-12)9-22/h2-6,19,21-24H,7-10H2,1H3. The third kappa shape index (κ3) is 3.37. The van der Waals surface area contributed by atoms with E-state index in [0.717, 1.165) is 11.1 Å². The molecule has 4 N–H and O–H groups in total. The van der Waals surface area contributed by atoms with Crippen molar-refractivity contribution in [3.05, 3.63) is 58.1 Å². The topological polar surface area (TPSA) is 112 Å². The molecule has 2 aromatic rings. The van der Waals surface area contributed by atoms with Gasteiger partial charge in [0.15, 0.2) is 17.6 Å². The van der Waals surface area contributed by atoms with Crippen LogP contribution in [0.2, 0.25) is 0 Å². The van der Waals surface area contributed by atoms with Crippen LogP contribution in [0, 0.1) is 0 Å². The van der Waals surface area contributed by atoms with E-state index in [4.69, 9.17) is 9.57 Å². The smallest absolute Gasteiger partial charge is 0.160 e. The first-order chi connectivity index (χ1) is 12.6. The Labute approximate surface area is 150 Å². The normalized spacial score (nSPS) is 16.3.